The largest absolute Gasteiger partial charge is 0.454 e. The number of ether oxygens (including phenoxy) is 3. The number of benzene rings is 2. The summed E-state index contributed by atoms with van der Waals surface area (Å²) in [4.78, 5) is 29.1. The van der Waals surface area contributed by atoms with E-state index in [4.69, 9.17) is 19.0 Å². The number of hydrogen-bond acceptors (Lipinski definition) is 7. The zero-order valence-electron chi connectivity index (χ0n) is 15.0. The second-order valence-corrected chi connectivity index (χ2v) is 5.88. The molecule has 0 radical (unpaired) electrons. The van der Waals surface area contributed by atoms with Crippen LogP contribution in [0, 0.1) is 0 Å². The first-order valence-corrected chi connectivity index (χ1v) is 8.40. The number of fused-ring (bicyclic) bond motifs is 1. The minimum Gasteiger partial charge on any atom is -0.454 e. The highest BCUT2D eigenvalue weighted by Gasteiger charge is 2.19. The number of esters is 1. The molecule has 1 aliphatic heterocycles. The summed E-state index contributed by atoms with van der Waals surface area (Å²) in [5.74, 6) is 0.362. The first-order valence-electron chi connectivity index (χ1n) is 8.40. The van der Waals surface area contributed by atoms with E-state index in [1.807, 2.05) is 12.1 Å². The predicted octanol–water partition coefficient (Wildman–Crippen LogP) is 2.97. The van der Waals surface area contributed by atoms with Crippen molar-refractivity contribution < 1.29 is 28.6 Å². The van der Waals surface area contributed by atoms with Crippen LogP contribution < -0.4 is 9.47 Å². The normalized spacial score (nSPS) is 13.8. The molecule has 0 aliphatic carbocycles. The van der Waals surface area contributed by atoms with Gasteiger partial charge < -0.3 is 19.0 Å². The Labute approximate surface area is 156 Å². The third-order valence-electron chi connectivity index (χ3n) is 3.91. The molecule has 27 heavy (non-hydrogen) atoms. The number of oxime groups is 1. The van der Waals surface area contributed by atoms with Crippen molar-refractivity contribution >= 4 is 17.5 Å². The zero-order chi connectivity index (χ0) is 19.2. The first kappa shape index (κ1) is 18.4. The smallest absolute Gasteiger partial charge is 0.347 e. The fourth-order valence-electron chi connectivity index (χ4n) is 2.48. The van der Waals surface area contributed by atoms with Gasteiger partial charge in [0, 0.05) is 11.1 Å². The van der Waals surface area contributed by atoms with Crippen LogP contribution in [0.1, 0.15) is 29.8 Å². The Hall–Kier alpha value is -3.35. The number of ketones is 1. The highest BCUT2D eigenvalue weighted by molar-refractivity contribution is 6.00. The van der Waals surface area contributed by atoms with Crippen molar-refractivity contribution in [3.63, 3.8) is 0 Å². The predicted molar refractivity (Wildman–Crippen MR) is 97.1 cm³/mol. The van der Waals surface area contributed by atoms with Crippen LogP contribution in [0.2, 0.25) is 0 Å². The lowest BCUT2D eigenvalue weighted by molar-refractivity contribution is -0.151. The number of nitrogens with zero attached hydrogens (tertiary/aromatic N) is 1. The number of Topliss-reactive ketones (excluding diaryl/α,β-unsaturated/α-hetero) is 1. The Morgan fingerprint density at radius 3 is 2.59 bits per heavy atom. The minimum atomic E-state index is -0.901. The summed E-state index contributed by atoms with van der Waals surface area (Å²) in [6.07, 6.45) is -0.901. The van der Waals surface area contributed by atoms with Gasteiger partial charge in [-0.1, -0.05) is 35.5 Å². The van der Waals surface area contributed by atoms with E-state index in [-0.39, 0.29) is 12.6 Å². The molecule has 3 rings (SSSR count). The van der Waals surface area contributed by atoms with Crippen LogP contribution >= 0.6 is 0 Å². The van der Waals surface area contributed by atoms with Crippen molar-refractivity contribution in [2.45, 2.75) is 20.0 Å². The van der Waals surface area contributed by atoms with E-state index in [0.717, 1.165) is 5.56 Å². The second kappa shape index (κ2) is 8.35. The van der Waals surface area contributed by atoms with E-state index in [0.29, 0.717) is 22.8 Å². The van der Waals surface area contributed by atoms with Gasteiger partial charge in [0.05, 0.1) is 5.71 Å². The van der Waals surface area contributed by atoms with Crippen LogP contribution in [-0.2, 0) is 14.4 Å². The van der Waals surface area contributed by atoms with E-state index in [9.17, 15) is 9.59 Å². The van der Waals surface area contributed by atoms with Gasteiger partial charge in [-0.3, -0.25) is 4.79 Å². The van der Waals surface area contributed by atoms with E-state index in [2.05, 4.69) is 5.16 Å². The second-order valence-electron chi connectivity index (χ2n) is 5.88. The fourth-order valence-corrected chi connectivity index (χ4v) is 2.48. The van der Waals surface area contributed by atoms with Crippen molar-refractivity contribution in [1.29, 1.82) is 0 Å². The molecule has 0 saturated heterocycles. The molecule has 2 aromatic carbocycles. The molecule has 0 amide bonds. The molecule has 1 atom stereocenters. The quantitative estimate of drug-likeness (QED) is 0.323. The molecule has 0 bridgehead atoms. The van der Waals surface area contributed by atoms with E-state index < -0.39 is 18.7 Å². The number of rotatable bonds is 7. The SMILES string of the molecule is C/C(=N\OCC(=O)OC(C)C(=O)c1ccccc1)c1ccc2c(c1)OCO2. The van der Waals surface area contributed by atoms with Gasteiger partial charge in [0.15, 0.2) is 17.6 Å². The van der Waals surface area contributed by atoms with Gasteiger partial charge in [-0.05, 0) is 32.0 Å². The zero-order valence-corrected chi connectivity index (χ0v) is 15.0. The van der Waals surface area contributed by atoms with Crippen molar-refractivity contribution in [1.82, 2.24) is 0 Å². The lowest BCUT2D eigenvalue weighted by atomic mass is 10.1. The van der Waals surface area contributed by atoms with Crippen LogP contribution in [-0.4, -0.2) is 37.0 Å². The molecule has 1 aliphatic rings. The summed E-state index contributed by atoms with van der Waals surface area (Å²) >= 11 is 0. The molecule has 140 valence electrons. The molecule has 0 fully saturated rings. The maximum atomic E-state index is 12.2. The molecule has 1 heterocycles. The summed E-state index contributed by atoms with van der Waals surface area (Å²) in [5.41, 5.74) is 1.82. The molecular weight excluding hydrogens is 350 g/mol. The molecule has 2 aromatic rings. The van der Waals surface area contributed by atoms with Gasteiger partial charge in [0.2, 0.25) is 19.2 Å². The van der Waals surface area contributed by atoms with Crippen LogP contribution in [0.15, 0.2) is 53.7 Å². The van der Waals surface area contributed by atoms with E-state index in [1.165, 1.54) is 6.92 Å². The molecule has 0 aromatic heterocycles. The standard InChI is InChI=1S/C20H19NO6/c1-13(16-8-9-17-18(10-16)25-12-24-17)21-26-11-19(22)27-14(2)20(23)15-6-4-3-5-7-15/h3-10,14H,11-12H2,1-2H3/b21-13+. The summed E-state index contributed by atoms with van der Waals surface area (Å²) in [6.45, 7) is 3.06. The summed E-state index contributed by atoms with van der Waals surface area (Å²) in [5, 5.41) is 3.90. The number of hydrogen-bond donors (Lipinski definition) is 0. The molecule has 0 saturated carbocycles. The summed E-state index contributed by atoms with van der Waals surface area (Å²) in [7, 11) is 0. The van der Waals surface area contributed by atoms with Gasteiger partial charge in [0.1, 0.15) is 0 Å². The Morgan fingerprint density at radius 1 is 1.07 bits per heavy atom. The minimum absolute atomic E-state index is 0.192. The van der Waals surface area contributed by atoms with Crippen molar-refractivity contribution in [2.75, 3.05) is 13.4 Å². The van der Waals surface area contributed by atoms with E-state index >= 15 is 0 Å². The van der Waals surface area contributed by atoms with Gasteiger partial charge in [-0.2, -0.15) is 0 Å². The van der Waals surface area contributed by atoms with Gasteiger partial charge in [-0.15, -0.1) is 0 Å². The Kier molecular flexibility index (Phi) is 5.71. The van der Waals surface area contributed by atoms with Gasteiger partial charge in [-0.25, -0.2) is 4.79 Å². The maximum Gasteiger partial charge on any atom is 0.347 e. The molecule has 7 nitrogen and oxygen atoms in total. The van der Waals surface area contributed by atoms with Crippen LogP contribution in [0.3, 0.4) is 0 Å². The van der Waals surface area contributed by atoms with Crippen molar-refractivity contribution in [3.05, 3.63) is 59.7 Å². The van der Waals surface area contributed by atoms with Gasteiger partial charge in [0.25, 0.3) is 0 Å². The monoisotopic (exact) mass is 369 g/mol. The average Bonchev–Trinajstić information content (AvgIpc) is 3.15. The third-order valence-corrected chi connectivity index (χ3v) is 3.91. The van der Waals surface area contributed by atoms with Crippen LogP contribution in [0.4, 0.5) is 0 Å². The first-order chi connectivity index (χ1) is 13.0. The summed E-state index contributed by atoms with van der Waals surface area (Å²) in [6, 6.07) is 14.0. The number of carbonyl (C=O) groups excluding carboxylic acids is 2. The summed E-state index contributed by atoms with van der Waals surface area (Å²) < 4.78 is 15.7. The van der Waals surface area contributed by atoms with Crippen molar-refractivity contribution in [3.8, 4) is 11.5 Å². The fraction of sp³-hybridized carbons (Fsp3) is 0.250. The van der Waals surface area contributed by atoms with Gasteiger partial charge >= 0.3 is 5.97 Å². The molecule has 1 unspecified atom stereocenters. The molecule has 7 heteroatoms. The lowest BCUT2D eigenvalue weighted by Gasteiger charge is -2.11. The molecule has 0 N–H and O–H groups in total. The average molecular weight is 369 g/mol. The Bertz CT molecular complexity index is 862. The number of carbonyl (C=O) groups is 2. The highest BCUT2D eigenvalue weighted by Crippen LogP contribution is 2.32. The van der Waals surface area contributed by atoms with Crippen molar-refractivity contribution in [2.24, 2.45) is 5.16 Å². The highest BCUT2D eigenvalue weighted by atomic mass is 16.7. The topological polar surface area (TPSA) is 83.4 Å². The van der Waals surface area contributed by atoms with E-state index in [1.54, 1.807) is 43.3 Å². The Morgan fingerprint density at radius 2 is 1.81 bits per heavy atom. The maximum absolute atomic E-state index is 12.2. The third kappa shape index (κ3) is 4.63. The molecule has 0 spiro atoms. The lowest BCUT2D eigenvalue weighted by Crippen LogP contribution is -2.26. The Balaban J connectivity index is 1.50. The van der Waals surface area contributed by atoms with Crippen LogP contribution in [0.25, 0.3) is 0 Å². The molecular formula is C20H19NO6. The van der Waals surface area contributed by atoms with Crippen LogP contribution in [0.5, 0.6) is 11.5 Å².